The molecule has 3 N–H and O–H groups in total. The number of alkyl halides is 3. The predicted molar refractivity (Wildman–Crippen MR) is 46.0 cm³/mol. The van der Waals surface area contributed by atoms with Crippen LogP contribution in [-0.2, 0) is 6.61 Å². The van der Waals surface area contributed by atoms with Crippen molar-refractivity contribution in [1.82, 2.24) is 4.98 Å². The molecule has 1 heterocycles. The Bertz CT molecular complexity index is 439. The van der Waals surface area contributed by atoms with Gasteiger partial charge < -0.3 is 15.6 Å². The normalized spacial score (nSPS) is 10.9. The molecule has 1 aromatic rings. The van der Waals surface area contributed by atoms with E-state index in [-0.39, 0.29) is 11.4 Å². The quantitative estimate of drug-likeness (QED) is 0.792. The van der Waals surface area contributed by atoms with E-state index in [1.807, 2.05) is 0 Å². The molecule has 0 fully saturated rings. The van der Waals surface area contributed by atoms with Gasteiger partial charge in [-0.3, -0.25) is 0 Å². The highest BCUT2D eigenvalue weighted by Gasteiger charge is 2.33. The monoisotopic (exact) mass is 233 g/mol. The second kappa shape index (κ2) is 4.24. The van der Waals surface area contributed by atoms with Crippen molar-refractivity contribution < 1.29 is 23.0 Å². The lowest BCUT2D eigenvalue weighted by atomic mass is 10.2. The predicted octanol–water partition coefficient (Wildman–Crippen LogP) is 0.926. The van der Waals surface area contributed by atoms with E-state index in [9.17, 15) is 13.2 Å². The van der Waals surface area contributed by atoms with Crippen molar-refractivity contribution in [1.29, 1.82) is 5.26 Å². The van der Waals surface area contributed by atoms with Crippen LogP contribution in [0.2, 0.25) is 0 Å². The van der Waals surface area contributed by atoms with E-state index in [4.69, 9.17) is 16.1 Å². The molecule has 0 aromatic carbocycles. The summed E-state index contributed by atoms with van der Waals surface area (Å²) < 4.78 is 39.4. The molecule has 0 amide bonds. The van der Waals surface area contributed by atoms with Crippen LogP contribution in [0.1, 0.15) is 11.3 Å². The minimum absolute atomic E-state index is 0.115. The second-order valence-electron chi connectivity index (χ2n) is 2.70. The molecule has 8 heteroatoms. The second-order valence-corrected chi connectivity index (χ2v) is 2.70. The third kappa shape index (κ3) is 2.74. The average Bonchev–Trinajstić information content (AvgIpc) is 2.14. The standard InChI is InChI=1S/C8H6F3N3O2/c9-8(10,11)16-7-5(2-12)6(13)1-4(3-15)14-7/h1,15H,3H2,(H2,13,14). The lowest BCUT2D eigenvalue weighted by molar-refractivity contribution is -0.276. The summed E-state index contributed by atoms with van der Waals surface area (Å²) in [6.07, 6.45) is -4.97. The van der Waals surface area contributed by atoms with Crippen LogP contribution in [0, 0.1) is 11.3 Å². The summed E-state index contributed by atoms with van der Waals surface area (Å²) in [4.78, 5) is 3.31. The Morgan fingerprint density at radius 2 is 2.19 bits per heavy atom. The Kier molecular flexibility index (Phi) is 3.20. The van der Waals surface area contributed by atoms with Crippen LogP contribution in [0.15, 0.2) is 6.07 Å². The lowest BCUT2D eigenvalue weighted by Gasteiger charge is -2.11. The number of ether oxygens (including phenoxy) is 1. The third-order valence-electron chi connectivity index (χ3n) is 1.56. The molecule has 16 heavy (non-hydrogen) atoms. The van der Waals surface area contributed by atoms with Crippen molar-refractivity contribution >= 4 is 5.69 Å². The Morgan fingerprint density at radius 3 is 2.62 bits per heavy atom. The van der Waals surface area contributed by atoms with E-state index in [1.165, 1.54) is 6.07 Å². The summed E-state index contributed by atoms with van der Waals surface area (Å²) in [7, 11) is 0. The summed E-state index contributed by atoms with van der Waals surface area (Å²) in [5.41, 5.74) is 4.44. The number of nitrogens with zero attached hydrogens (tertiary/aromatic N) is 2. The summed E-state index contributed by atoms with van der Waals surface area (Å²) in [6, 6.07) is 2.54. The summed E-state index contributed by atoms with van der Waals surface area (Å²) in [5, 5.41) is 17.3. The SMILES string of the molecule is N#Cc1c(N)cc(CO)nc1OC(F)(F)F. The molecule has 0 spiro atoms. The van der Waals surface area contributed by atoms with Crippen molar-refractivity contribution in [3.05, 3.63) is 17.3 Å². The molecule has 5 nitrogen and oxygen atoms in total. The van der Waals surface area contributed by atoms with Crippen LogP contribution in [-0.4, -0.2) is 16.5 Å². The van der Waals surface area contributed by atoms with Gasteiger partial charge in [-0.2, -0.15) is 5.26 Å². The number of anilines is 1. The van der Waals surface area contributed by atoms with E-state index < -0.39 is 24.4 Å². The molecule has 0 saturated carbocycles. The first-order chi connectivity index (χ1) is 7.37. The van der Waals surface area contributed by atoms with Gasteiger partial charge in [0.2, 0.25) is 5.88 Å². The Hall–Kier alpha value is -2.01. The number of aliphatic hydroxyl groups is 1. The van der Waals surface area contributed by atoms with Crippen molar-refractivity contribution in [3.63, 3.8) is 0 Å². The molecule has 0 radical (unpaired) electrons. The van der Waals surface area contributed by atoms with Gasteiger partial charge in [0.15, 0.2) is 0 Å². The minimum Gasteiger partial charge on any atom is -0.397 e. The van der Waals surface area contributed by atoms with Gasteiger partial charge in [0.1, 0.15) is 11.6 Å². The number of halogens is 3. The molecular formula is C8H6F3N3O2. The van der Waals surface area contributed by atoms with Gasteiger partial charge in [-0.15, -0.1) is 13.2 Å². The van der Waals surface area contributed by atoms with Crippen LogP contribution < -0.4 is 10.5 Å². The molecule has 0 unspecified atom stereocenters. The zero-order valence-electron chi connectivity index (χ0n) is 7.75. The highest BCUT2D eigenvalue weighted by molar-refractivity contribution is 5.59. The maximum absolute atomic E-state index is 12.0. The first-order valence-corrected chi connectivity index (χ1v) is 3.93. The summed E-state index contributed by atoms with van der Waals surface area (Å²) in [6.45, 7) is -0.607. The topological polar surface area (TPSA) is 92.2 Å². The van der Waals surface area contributed by atoms with Crippen molar-refractivity contribution in [2.75, 3.05) is 5.73 Å². The fourth-order valence-corrected chi connectivity index (χ4v) is 0.971. The Morgan fingerprint density at radius 1 is 1.56 bits per heavy atom. The van der Waals surface area contributed by atoms with E-state index in [0.717, 1.165) is 6.07 Å². The third-order valence-corrected chi connectivity index (χ3v) is 1.56. The first kappa shape index (κ1) is 12.1. The number of nitrogens with two attached hydrogens (primary N) is 1. The molecule has 1 aromatic heterocycles. The molecule has 0 aliphatic heterocycles. The number of aromatic nitrogens is 1. The number of pyridine rings is 1. The maximum atomic E-state index is 12.0. The van der Waals surface area contributed by atoms with Gasteiger partial charge in [0, 0.05) is 0 Å². The van der Waals surface area contributed by atoms with Gasteiger partial charge in [-0.05, 0) is 6.07 Å². The van der Waals surface area contributed by atoms with Crippen LogP contribution in [0.4, 0.5) is 18.9 Å². The van der Waals surface area contributed by atoms with Gasteiger partial charge >= 0.3 is 6.36 Å². The van der Waals surface area contributed by atoms with Gasteiger partial charge in [0.25, 0.3) is 0 Å². The molecule has 0 aliphatic rings. The van der Waals surface area contributed by atoms with Crippen molar-refractivity contribution in [3.8, 4) is 11.9 Å². The van der Waals surface area contributed by atoms with Crippen LogP contribution >= 0.6 is 0 Å². The van der Waals surface area contributed by atoms with Gasteiger partial charge in [-0.1, -0.05) is 0 Å². The number of nitriles is 1. The zero-order valence-corrected chi connectivity index (χ0v) is 7.75. The van der Waals surface area contributed by atoms with Crippen molar-refractivity contribution in [2.24, 2.45) is 0 Å². The molecule has 0 bridgehead atoms. The molecule has 0 atom stereocenters. The average molecular weight is 233 g/mol. The van der Waals surface area contributed by atoms with E-state index in [2.05, 4.69) is 9.72 Å². The maximum Gasteiger partial charge on any atom is 0.574 e. The fourth-order valence-electron chi connectivity index (χ4n) is 0.971. The summed E-state index contributed by atoms with van der Waals surface area (Å²) >= 11 is 0. The number of hydrogen-bond acceptors (Lipinski definition) is 5. The highest BCUT2D eigenvalue weighted by Crippen LogP contribution is 2.28. The number of rotatable bonds is 2. The van der Waals surface area contributed by atoms with Crippen LogP contribution in [0.25, 0.3) is 0 Å². The molecule has 0 saturated heterocycles. The smallest absolute Gasteiger partial charge is 0.397 e. The van der Waals surface area contributed by atoms with Crippen molar-refractivity contribution in [2.45, 2.75) is 13.0 Å². The number of hydrogen-bond donors (Lipinski definition) is 2. The van der Waals surface area contributed by atoms with Crippen LogP contribution in [0.3, 0.4) is 0 Å². The number of nitrogen functional groups attached to an aromatic ring is 1. The number of aliphatic hydroxyl groups excluding tert-OH is 1. The molecule has 1 rings (SSSR count). The Balaban J connectivity index is 3.25. The van der Waals surface area contributed by atoms with E-state index in [1.54, 1.807) is 0 Å². The molecular weight excluding hydrogens is 227 g/mol. The first-order valence-electron chi connectivity index (χ1n) is 3.93. The fraction of sp³-hybridized carbons (Fsp3) is 0.250. The largest absolute Gasteiger partial charge is 0.574 e. The van der Waals surface area contributed by atoms with E-state index >= 15 is 0 Å². The zero-order chi connectivity index (χ0) is 12.3. The van der Waals surface area contributed by atoms with Gasteiger partial charge in [-0.25, -0.2) is 4.98 Å². The van der Waals surface area contributed by atoms with Crippen LogP contribution in [0.5, 0.6) is 5.88 Å². The lowest BCUT2D eigenvalue weighted by Crippen LogP contribution is -2.19. The van der Waals surface area contributed by atoms with E-state index in [0.29, 0.717) is 0 Å². The summed E-state index contributed by atoms with van der Waals surface area (Å²) in [5.74, 6) is -0.959. The minimum atomic E-state index is -4.97. The molecule has 0 aliphatic carbocycles. The van der Waals surface area contributed by atoms with Gasteiger partial charge in [0.05, 0.1) is 18.0 Å². The Labute approximate surface area is 87.9 Å². The highest BCUT2D eigenvalue weighted by atomic mass is 19.4. The molecule has 86 valence electrons.